The fraction of sp³-hybridized carbons (Fsp3) is 0.778. The molecule has 1 rings (SSSR count). The predicted octanol–water partition coefficient (Wildman–Crippen LogP) is 1.27. The zero-order valence-corrected chi connectivity index (χ0v) is 7.80. The first-order valence-electron chi connectivity index (χ1n) is 4.38. The van der Waals surface area contributed by atoms with Crippen LogP contribution >= 0.6 is 0 Å². The van der Waals surface area contributed by atoms with E-state index >= 15 is 0 Å². The van der Waals surface area contributed by atoms with Crippen molar-refractivity contribution in [3.8, 4) is 0 Å². The van der Waals surface area contributed by atoms with Crippen LogP contribution in [0.4, 0.5) is 0 Å². The Labute approximate surface area is 73.5 Å². The summed E-state index contributed by atoms with van der Waals surface area (Å²) >= 11 is 0. The highest BCUT2D eigenvalue weighted by Gasteiger charge is 2.07. The second kappa shape index (κ2) is 6.83. The first kappa shape index (κ1) is 11.1. The monoisotopic (exact) mass is 171 g/mol. The molecule has 0 radical (unpaired) electrons. The van der Waals surface area contributed by atoms with Gasteiger partial charge >= 0.3 is 0 Å². The third-order valence-electron chi connectivity index (χ3n) is 1.56. The molecule has 0 atom stereocenters. The number of hydrogen-bond acceptors (Lipinski definition) is 2. The van der Waals surface area contributed by atoms with Crippen LogP contribution in [-0.4, -0.2) is 18.2 Å². The zero-order chi connectivity index (χ0) is 9.40. The summed E-state index contributed by atoms with van der Waals surface area (Å²) in [4.78, 5) is 19.7. The van der Waals surface area contributed by atoms with Gasteiger partial charge in [-0.3, -0.25) is 9.59 Å². The first-order chi connectivity index (χ1) is 5.66. The number of ketones is 1. The molecule has 1 amide bonds. The average molecular weight is 171 g/mol. The Morgan fingerprint density at radius 2 is 1.83 bits per heavy atom. The summed E-state index contributed by atoms with van der Waals surface area (Å²) in [6, 6.07) is 0.280. The van der Waals surface area contributed by atoms with E-state index in [4.69, 9.17) is 0 Å². The summed E-state index contributed by atoms with van der Waals surface area (Å²) in [6.45, 7) is 3.82. The minimum absolute atomic E-state index is 0.280. The van der Waals surface area contributed by atoms with Crippen LogP contribution in [-0.2, 0) is 9.59 Å². The van der Waals surface area contributed by atoms with Crippen molar-refractivity contribution < 1.29 is 9.59 Å². The van der Waals surface area contributed by atoms with Crippen LogP contribution < -0.4 is 5.32 Å². The standard InChI is InChI=1S/C5H8O.C4H9NO/c6-5-3-1-2-4-5;1-4(2)5-3-6/h1-4H2;3-4H,1-2H3,(H,5,6). The summed E-state index contributed by atoms with van der Waals surface area (Å²) in [5.41, 5.74) is 0. The highest BCUT2D eigenvalue weighted by Crippen LogP contribution is 2.11. The maximum atomic E-state index is 10.2. The van der Waals surface area contributed by atoms with Gasteiger partial charge in [0.05, 0.1) is 0 Å². The maximum Gasteiger partial charge on any atom is 0.207 e. The Bertz CT molecular complexity index is 135. The lowest BCUT2D eigenvalue weighted by Gasteiger charge is -1.96. The topological polar surface area (TPSA) is 46.2 Å². The Kier molecular flexibility index (Phi) is 6.34. The molecule has 0 aliphatic heterocycles. The van der Waals surface area contributed by atoms with E-state index in [1.54, 1.807) is 0 Å². The number of nitrogens with one attached hydrogen (secondary N) is 1. The summed E-state index contributed by atoms with van der Waals surface area (Å²) in [5, 5.41) is 2.53. The van der Waals surface area contributed by atoms with Crippen LogP contribution in [0.5, 0.6) is 0 Å². The van der Waals surface area contributed by atoms with Crippen LogP contribution in [0.2, 0.25) is 0 Å². The number of rotatable bonds is 2. The van der Waals surface area contributed by atoms with Crippen molar-refractivity contribution in [2.75, 3.05) is 0 Å². The highest BCUT2D eigenvalue weighted by molar-refractivity contribution is 5.79. The van der Waals surface area contributed by atoms with Crippen LogP contribution in [0, 0.1) is 0 Å². The van der Waals surface area contributed by atoms with Crippen molar-refractivity contribution in [1.29, 1.82) is 0 Å². The molecule has 12 heavy (non-hydrogen) atoms. The molecule has 0 bridgehead atoms. The molecule has 0 spiro atoms. The van der Waals surface area contributed by atoms with Crippen molar-refractivity contribution in [3.63, 3.8) is 0 Å². The van der Waals surface area contributed by atoms with E-state index in [2.05, 4.69) is 5.32 Å². The molecular weight excluding hydrogens is 154 g/mol. The minimum atomic E-state index is 0.280. The molecule has 0 heterocycles. The van der Waals surface area contributed by atoms with Crippen LogP contribution in [0.1, 0.15) is 39.5 Å². The van der Waals surface area contributed by atoms with Crippen LogP contribution in [0.3, 0.4) is 0 Å². The predicted molar refractivity (Wildman–Crippen MR) is 47.8 cm³/mol. The normalized spacial score (nSPS) is 15.4. The van der Waals surface area contributed by atoms with Gasteiger partial charge in [0, 0.05) is 18.9 Å². The Hall–Kier alpha value is -0.860. The lowest BCUT2D eigenvalue weighted by Crippen LogP contribution is -2.19. The van der Waals surface area contributed by atoms with Gasteiger partial charge in [-0.1, -0.05) is 0 Å². The number of carbonyl (C=O) groups excluding carboxylic acids is 2. The van der Waals surface area contributed by atoms with E-state index in [9.17, 15) is 9.59 Å². The fourth-order valence-corrected chi connectivity index (χ4v) is 0.905. The minimum Gasteiger partial charge on any atom is -0.357 e. The van der Waals surface area contributed by atoms with E-state index in [1.165, 1.54) is 0 Å². The maximum absolute atomic E-state index is 10.2. The molecule has 3 heteroatoms. The molecule has 0 aromatic heterocycles. The quantitative estimate of drug-likeness (QED) is 0.636. The van der Waals surface area contributed by atoms with Crippen molar-refractivity contribution in [1.82, 2.24) is 5.32 Å². The largest absolute Gasteiger partial charge is 0.357 e. The number of carbonyl (C=O) groups is 2. The van der Waals surface area contributed by atoms with Crippen molar-refractivity contribution in [2.24, 2.45) is 0 Å². The SMILES string of the molecule is CC(C)NC=O.O=C1CCCC1. The summed E-state index contributed by atoms with van der Waals surface area (Å²) in [7, 11) is 0. The molecule has 1 N–H and O–H groups in total. The molecule has 0 unspecified atom stereocenters. The van der Waals surface area contributed by atoms with E-state index in [0.29, 0.717) is 12.2 Å². The van der Waals surface area contributed by atoms with Gasteiger partial charge in [0.25, 0.3) is 0 Å². The Balaban J connectivity index is 0.000000202. The molecule has 0 aromatic rings. The third-order valence-corrected chi connectivity index (χ3v) is 1.56. The fourth-order valence-electron chi connectivity index (χ4n) is 0.905. The molecule has 1 saturated carbocycles. The smallest absolute Gasteiger partial charge is 0.207 e. The molecular formula is C9H17NO2. The van der Waals surface area contributed by atoms with Gasteiger partial charge in [-0.25, -0.2) is 0 Å². The molecule has 70 valence electrons. The van der Waals surface area contributed by atoms with E-state index in [-0.39, 0.29) is 6.04 Å². The summed E-state index contributed by atoms with van der Waals surface area (Å²) < 4.78 is 0. The van der Waals surface area contributed by atoms with Gasteiger partial charge in [0.15, 0.2) is 0 Å². The molecule has 1 aliphatic rings. The molecule has 0 aromatic carbocycles. The zero-order valence-electron chi connectivity index (χ0n) is 7.80. The number of amides is 1. The van der Waals surface area contributed by atoms with Crippen molar-refractivity contribution >= 4 is 12.2 Å². The number of hydrogen-bond donors (Lipinski definition) is 1. The highest BCUT2D eigenvalue weighted by atomic mass is 16.1. The van der Waals surface area contributed by atoms with E-state index in [0.717, 1.165) is 25.7 Å². The number of Topliss-reactive ketones (excluding diaryl/α,β-unsaturated/α-hetero) is 1. The summed E-state index contributed by atoms with van der Waals surface area (Å²) in [5.74, 6) is 0.454. The molecule has 1 fully saturated rings. The summed E-state index contributed by atoms with van der Waals surface area (Å²) in [6.07, 6.45) is 4.67. The van der Waals surface area contributed by atoms with Crippen molar-refractivity contribution in [2.45, 2.75) is 45.6 Å². The Morgan fingerprint density at radius 1 is 1.33 bits per heavy atom. The Morgan fingerprint density at radius 3 is 1.92 bits per heavy atom. The van der Waals surface area contributed by atoms with Gasteiger partial charge in [0.1, 0.15) is 5.78 Å². The average Bonchev–Trinajstić information content (AvgIpc) is 2.40. The lowest BCUT2D eigenvalue weighted by molar-refractivity contribution is -0.117. The van der Waals surface area contributed by atoms with Crippen molar-refractivity contribution in [3.05, 3.63) is 0 Å². The molecule has 1 aliphatic carbocycles. The van der Waals surface area contributed by atoms with Crippen LogP contribution in [0.25, 0.3) is 0 Å². The van der Waals surface area contributed by atoms with Crippen LogP contribution in [0.15, 0.2) is 0 Å². The third kappa shape index (κ3) is 7.25. The first-order valence-corrected chi connectivity index (χ1v) is 4.38. The van der Waals surface area contributed by atoms with Gasteiger partial charge in [-0.2, -0.15) is 0 Å². The lowest BCUT2D eigenvalue weighted by atomic mass is 10.4. The van der Waals surface area contributed by atoms with Gasteiger partial charge in [0.2, 0.25) is 6.41 Å². The van der Waals surface area contributed by atoms with E-state index in [1.807, 2.05) is 13.8 Å². The van der Waals surface area contributed by atoms with Gasteiger partial charge in [-0.05, 0) is 26.7 Å². The molecule has 3 nitrogen and oxygen atoms in total. The molecule has 0 saturated heterocycles. The second-order valence-corrected chi connectivity index (χ2v) is 3.19. The van der Waals surface area contributed by atoms with Gasteiger partial charge in [-0.15, -0.1) is 0 Å². The van der Waals surface area contributed by atoms with E-state index < -0.39 is 0 Å². The second-order valence-electron chi connectivity index (χ2n) is 3.19. The van der Waals surface area contributed by atoms with Gasteiger partial charge < -0.3 is 5.32 Å².